The van der Waals surface area contributed by atoms with Gasteiger partial charge in [-0.15, -0.1) is 0 Å². The summed E-state index contributed by atoms with van der Waals surface area (Å²) in [5, 5.41) is 0. The van der Waals surface area contributed by atoms with Crippen LogP contribution >= 0.6 is 0 Å². The lowest BCUT2D eigenvalue weighted by atomic mass is 10.1. The Bertz CT molecular complexity index is 390. The van der Waals surface area contributed by atoms with E-state index in [9.17, 15) is 4.79 Å². The highest BCUT2D eigenvalue weighted by atomic mass is 16.5. The molecule has 1 saturated carbocycles. The zero-order valence-electron chi connectivity index (χ0n) is 9.48. The fraction of sp³-hybridized carbons (Fsp3) is 0.357. The lowest BCUT2D eigenvalue weighted by Crippen LogP contribution is -1.90. The summed E-state index contributed by atoms with van der Waals surface area (Å²) in [7, 11) is 1.66. The molecule has 0 amide bonds. The third kappa shape index (κ3) is 2.72. The van der Waals surface area contributed by atoms with Gasteiger partial charge in [-0.1, -0.05) is 24.3 Å². The van der Waals surface area contributed by atoms with Crippen molar-refractivity contribution in [1.82, 2.24) is 0 Å². The molecule has 2 nitrogen and oxygen atoms in total. The Labute approximate surface area is 95.9 Å². The van der Waals surface area contributed by atoms with Gasteiger partial charge >= 0.3 is 0 Å². The lowest BCUT2D eigenvalue weighted by molar-refractivity contribution is -0.117. The molecule has 0 spiro atoms. The van der Waals surface area contributed by atoms with Crippen LogP contribution in [-0.2, 0) is 4.79 Å². The monoisotopic (exact) mass is 216 g/mol. The van der Waals surface area contributed by atoms with Gasteiger partial charge in [0, 0.05) is 12.8 Å². The topological polar surface area (TPSA) is 26.3 Å². The number of rotatable bonds is 3. The van der Waals surface area contributed by atoms with Gasteiger partial charge in [0.25, 0.3) is 0 Å². The van der Waals surface area contributed by atoms with E-state index in [0.717, 1.165) is 24.2 Å². The fourth-order valence-electron chi connectivity index (χ4n) is 1.97. The Morgan fingerprint density at radius 3 is 2.62 bits per heavy atom. The van der Waals surface area contributed by atoms with Crippen molar-refractivity contribution >= 4 is 11.9 Å². The number of hydrogen-bond acceptors (Lipinski definition) is 2. The maximum absolute atomic E-state index is 11.1. The first-order valence-electron chi connectivity index (χ1n) is 5.62. The average Bonchev–Trinajstić information content (AvgIpc) is 2.73. The maximum atomic E-state index is 11.1. The van der Waals surface area contributed by atoms with Crippen LogP contribution in [-0.4, -0.2) is 12.9 Å². The number of allylic oxidation sites excluding steroid dienone is 1. The molecule has 0 radical (unpaired) electrons. The fourth-order valence-corrected chi connectivity index (χ4v) is 1.97. The van der Waals surface area contributed by atoms with Crippen molar-refractivity contribution in [2.24, 2.45) is 5.92 Å². The van der Waals surface area contributed by atoms with Gasteiger partial charge in [-0.25, -0.2) is 0 Å². The predicted octanol–water partition coefficient (Wildman–Crippen LogP) is 3.08. The SMILES string of the molecule is COc1ccc(/C=C/C2CCC(=O)C2)cc1. The van der Waals surface area contributed by atoms with Crippen LogP contribution in [0.25, 0.3) is 6.08 Å². The highest BCUT2D eigenvalue weighted by molar-refractivity contribution is 5.81. The number of ketones is 1. The van der Waals surface area contributed by atoms with Crippen LogP contribution in [0.4, 0.5) is 0 Å². The molecule has 0 aromatic heterocycles. The van der Waals surface area contributed by atoms with Crippen molar-refractivity contribution in [1.29, 1.82) is 0 Å². The molecule has 2 rings (SSSR count). The maximum Gasteiger partial charge on any atom is 0.133 e. The summed E-state index contributed by atoms with van der Waals surface area (Å²) >= 11 is 0. The number of hydrogen-bond donors (Lipinski definition) is 0. The van der Waals surface area contributed by atoms with E-state index in [-0.39, 0.29) is 0 Å². The highest BCUT2D eigenvalue weighted by Gasteiger charge is 2.19. The largest absolute Gasteiger partial charge is 0.497 e. The van der Waals surface area contributed by atoms with Gasteiger partial charge in [-0.3, -0.25) is 4.79 Å². The van der Waals surface area contributed by atoms with E-state index >= 15 is 0 Å². The van der Waals surface area contributed by atoms with Crippen LogP contribution in [0.2, 0.25) is 0 Å². The standard InChI is InChI=1S/C14H16O2/c1-16-14-8-5-11(6-9-14)2-3-12-4-7-13(15)10-12/h2-3,5-6,8-9,12H,4,7,10H2,1H3/b3-2+. The van der Waals surface area contributed by atoms with Crippen molar-refractivity contribution in [3.63, 3.8) is 0 Å². The summed E-state index contributed by atoms with van der Waals surface area (Å²) < 4.78 is 5.09. The van der Waals surface area contributed by atoms with Gasteiger partial charge in [0.05, 0.1) is 7.11 Å². The Kier molecular flexibility index (Phi) is 3.40. The predicted molar refractivity (Wildman–Crippen MR) is 64.4 cm³/mol. The first-order valence-corrected chi connectivity index (χ1v) is 5.62. The third-order valence-corrected chi connectivity index (χ3v) is 2.96. The molecule has 0 heterocycles. The van der Waals surface area contributed by atoms with E-state index in [2.05, 4.69) is 12.2 Å². The zero-order valence-corrected chi connectivity index (χ0v) is 9.48. The smallest absolute Gasteiger partial charge is 0.133 e. The van der Waals surface area contributed by atoms with E-state index < -0.39 is 0 Å². The Balaban J connectivity index is 1.97. The normalized spacial score (nSPS) is 20.6. The summed E-state index contributed by atoms with van der Waals surface area (Å²) in [6, 6.07) is 7.93. The minimum Gasteiger partial charge on any atom is -0.497 e. The number of Topliss-reactive ketones (excluding diaryl/α,β-unsaturated/α-hetero) is 1. The van der Waals surface area contributed by atoms with E-state index in [1.54, 1.807) is 7.11 Å². The molecule has 1 aliphatic rings. The molecule has 1 fully saturated rings. The van der Waals surface area contributed by atoms with Gasteiger partial charge in [-0.2, -0.15) is 0 Å². The molecule has 1 atom stereocenters. The second kappa shape index (κ2) is 4.97. The van der Waals surface area contributed by atoms with E-state index in [1.807, 2.05) is 24.3 Å². The zero-order chi connectivity index (χ0) is 11.4. The second-order valence-electron chi connectivity index (χ2n) is 4.17. The van der Waals surface area contributed by atoms with Crippen molar-refractivity contribution in [2.75, 3.05) is 7.11 Å². The minimum absolute atomic E-state index is 0.393. The van der Waals surface area contributed by atoms with Crippen LogP contribution < -0.4 is 4.74 Å². The molecule has 16 heavy (non-hydrogen) atoms. The van der Waals surface area contributed by atoms with Crippen LogP contribution in [0.1, 0.15) is 24.8 Å². The van der Waals surface area contributed by atoms with Gasteiger partial charge in [-0.05, 0) is 30.0 Å². The molecule has 0 bridgehead atoms. The molecule has 1 aliphatic carbocycles. The van der Waals surface area contributed by atoms with E-state index in [0.29, 0.717) is 18.1 Å². The second-order valence-corrected chi connectivity index (χ2v) is 4.17. The Morgan fingerprint density at radius 2 is 2.06 bits per heavy atom. The first kappa shape index (κ1) is 10.9. The van der Waals surface area contributed by atoms with Crippen LogP contribution in [0, 0.1) is 5.92 Å². The number of carbonyl (C=O) groups is 1. The molecule has 1 aromatic rings. The van der Waals surface area contributed by atoms with E-state index in [4.69, 9.17) is 4.74 Å². The molecule has 1 aromatic carbocycles. The molecule has 84 valence electrons. The van der Waals surface area contributed by atoms with Gasteiger partial charge < -0.3 is 4.74 Å². The Hall–Kier alpha value is -1.57. The quantitative estimate of drug-likeness (QED) is 0.776. The summed E-state index contributed by atoms with van der Waals surface area (Å²) in [6.45, 7) is 0. The van der Waals surface area contributed by atoms with Gasteiger partial charge in [0.2, 0.25) is 0 Å². The highest BCUT2D eigenvalue weighted by Crippen LogP contribution is 2.24. The third-order valence-electron chi connectivity index (χ3n) is 2.96. The molecule has 2 heteroatoms. The molecular weight excluding hydrogens is 200 g/mol. The number of carbonyl (C=O) groups excluding carboxylic acids is 1. The summed E-state index contributed by atoms with van der Waals surface area (Å²) in [5.41, 5.74) is 1.15. The lowest BCUT2D eigenvalue weighted by Gasteiger charge is -2.01. The van der Waals surface area contributed by atoms with Crippen molar-refractivity contribution in [3.05, 3.63) is 35.9 Å². The number of benzene rings is 1. The van der Waals surface area contributed by atoms with Gasteiger partial charge in [0.15, 0.2) is 0 Å². The van der Waals surface area contributed by atoms with Crippen molar-refractivity contribution < 1.29 is 9.53 Å². The molecule has 0 saturated heterocycles. The van der Waals surface area contributed by atoms with Crippen LogP contribution in [0.3, 0.4) is 0 Å². The first-order chi connectivity index (χ1) is 7.78. The summed E-state index contributed by atoms with van der Waals surface area (Å²) in [5.74, 6) is 1.70. The van der Waals surface area contributed by atoms with Gasteiger partial charge in [0.1, 0.15) is 11.5 Å². The average molecular weight is 216 g/mol. The number of methoxy groups -OCH3 is 1. The molecule has 1 unspecified atom stereocenters. The van der Waals surface area contributed by atoms with Crippen LogP contribution in [0.15, 0.2) is 30.3 Å². The summed E-state index contributed by atoms with van der Waals surface area (Å²) in [4.78, 5) is 11.1. The van der Waals surface area contributed by atoms with Crippen LogP contribution in [0.5, 0.6) is 5.75 Å². The summed E-state index contributed by atoms with van der Waals surface area (Å²) in [6.07, 6.45) is 6.70. The number of ether oxygens (including phenoxy) is 1. The van der Waals surface area contributed by atoms with E-state index in [1.165, 1.54) is 0 Å². The molecule has 0 N–H and O–H groups in total. The molecule has 0 aliphatic heterocycles. The minimum atomic E-state index is 0.393. The van der Waals surface area contributed by atoms with Crippen molar-refractivity contribution in [2.45, 2.75) is 19.3 Å². The van der Waals surface area contributed by atoms with Crippen molar-refractivity contribution in [3.8, 4) is 5.75 Å². The molecular formula is C14H16O2. The Morgan fingerprint density at radius 1 is 1.31 bits per heavy atom.